The molecule has 0 unspecified atom stereocenters. The molecule has 0 atom stereocenters. The lowest BCUT2D eigenvalue weighted by atomic mass is 9.86. The molecular weight excluding hydrogens is 326 g/mol. The molecule has 0 radical (unpaired) electrons. The monoisotopic (exact) mass is 353 g/mol. The molecule has 0 aliphatic heterocycles. The maximum Gasteiger partial charge on any atom is 0.233 e. The van der Waals surface area contributed by atoms with E-state index in [0.29, 0.717) is 5.69 Å². The zero-order chi connectivity index (χ0) is 19.3. The van der Waals surface area contributed by atoms with Crippen molar-refractivity contribution in [3.63, 3.8) is 0 Å². The Morgan fingerprint density at radius 3 is 2.04 bits per heavy atom. The van der Waals surface area contributed by atoms with E-state index in [1.54, 1.807) is 0 Å². The first-order valence-electron chi connectivity index (χ1n) is 8.63. The number of nitrogens with one attached hydrogen (secondary N) is 2. The SMILES string of the molecule is CN(C)c1ccc(NC(=O)CC(=O)Nc2ccccc2C(C)(C)C)cc1. The number of carbonyl (C=O) groups excluding carboxylic acids is 2. The van der Waals surface area contributed by atoms with Gasteiger partial charge in [0.2, 0.25) is 11.8 Å². The molecule has 0 bridgehead atoms. The van der Waals surface area contributed by atoms with E-state index in [9.17, 15) is 9.59 Å². The first-order chi connectivity index (χ1) is 12.2. The molecule has 2 N–H and O–H groups in total. The standard InChI is InChI=1S/C21H27N3O2/c1-21(2,3)17-8-6-7-9-18(17)23-20(26)14-19(25)22-15-10-12-16(13-11-15)24(4)5/h6-13H,14H2,1-5H3,(H,22,25)(H,23,26). The average molecular weight is 353 g/mol. The van der Waals surface area contributed by atoms with Crippen LogP contribution in [0.15, 0.2) is 48.5 Å². The Morgan fingerprint density at radius 1 is 0.885 bits per heavy atom. The third kappa shape index (κ3) is 5.34. The van der Waals surface area contributed by atoms with Crippen LogP contribution >= 0.6 is 0 Å². The third-order valence-corrected chi connectivity index (χ3v) is 4.00. The van der Waals surface area contributed by atoms with Crippen molar-refractivity contribution < 1.29 is 9.59 Å². The van der Waals surface area contributed by atoms with Gasteiger partial charge < -0.3 is 15.5 Å². The van der Waals surface area contributed by atoms with Crippen LogP contribution in [0.5, 0.6) is 0 Å². The van der Waals surface area contributed by atoms with Crippen LogP contribution in [0.2, 0.25) is 0 Å². The molecule has 2 aromatic rings. The van der Waals surface area contributed by atoms with E-state index in [4.69, 9.17) is 0 Å². The third-order valence-electron chi connectivity index (χ3n) is 4.00. The first-order valence-corrected chi connectivity index (χ1v) is 8.63. The molecule has 0 fully saturated rings. The van der Waals surface area contributed by atoms with E-state index in [2.05, 4.69) is 31.4 Å². The minimum absolute atomic E-state index is 0.0969. The number of para-hydroxylation sites is 1. The van der Waals surface area contributed by atoms with E-state index in [-0.39, 0.29) is 23.7 Å². The molecule has 0 aromatic heterocycles. The maximum atomic E-state index is 12.3. The molecule has 5 heteroatoms. The Morgan fingerprint density at radius 2 is 1.46 bits per heavy atom. The van der Waals surface area contributed by atoms with Crippen LogP contribution in [0, 0.1) is 0 Å². The molecule has 0 aliphatic rings. The van der Waals surface area contributed by atoms with Crippen molar-refractivity contribution in [2.24, 2.45) is 0 Å². The Hall–Kier alpha value is -2.82. The van der Waals surface area contributed by atoms with E-state index in [1.165, 1.54) is 0 Å². The zero-order valence-electron chi connectivity index (χ0n) is 16.1. The predicted molar refractivity (Wildman–Crippen MR) is 108 cm³/mol. The highest BCUT2D eigenvalue weighted by atomic mass is 16.2. The van der Waals surface area contributed by atoms with Gasteiger partial charge in [0, 0.05) is 31.2 Å². The van der Waals surface area contributed by atoms with Crippen LogP contribution in [0.1, 0.15) is 32.8 Å². The fraction of sp³-hybridized carbons (Fsp3) is 0.333. The van der Waals surface area contributed by atoms with Crippen molar-refractivity contribution in [1.29, 1.82) is 0 Å². The number of anilines is 3. The van der Waals surface area contributed by atoms with Crippen molar-refractivity contribution in [3.05, 3.63) is 54.1 Å². The number of hydrogen-bond acceptors (Lipinski definition) is 3. The van der Waals surface area contributed by atoms with Gasteiger partial charge in [-0.2, -0.15) is 0 Å². The average Bonchev–Trinajstić information content (AvgIpc) is 2.54. The quantitative estimate of drug-likeness (QED) is 0.798. The van der Waals surface area contributed by atoms with E-state index >= 15 is 0 Å². The number of rotatable bonds is 5. The van der Waals surface area contributed by atoms with Crippen LogP contribution in [0.4, 0.5) is 17.1 Å². The Bertz CT molecular complexity index is 775. The predicted octanol–water partition coefficient (Wildman–Crippen LogP) is 4.02. The lowest BCUT2D eigenvalue weighted by Gasteiger charge is -2.23. The zero-order valence-corrected chi connectivity index (χ0v) is 16.1. The molecule has 138 valence electrons. The van der Waals surface area contributed by atoms with Crippen LogP contribution < -0.4 is 15.5 Å². The molecule has 2 amide bonds. The van der Waals surface area contributed by atoms with Crippen molar-refractivity contribution in [1.82, 2.24) is 0 Å². The van der Waals surface area contributed by atoms with Crippen molar-refractivity contribution in [2.75, 3.05) is 29.6 Å². The highest BCUT2D eigenvalue weighted by Gasteiger charge is 2.19. The van der Waals surface area contributed by atoms with Gasteiger partial charge in [0.25, 0.3) is 0 Å². The summed E-state index contributed by atoms with van der Waals surface area (Å²) in [7, 11) is 3.90. The molecule has 5 nitrogen and oxygen atoms in total. The summed E-state index contributed by atoms with van der Waals surface area (Å²) in [5, 5.41) is 5.60. The van der Waals surface area contributed by atoms with Crippen molar-refractivity contribution in [3.8, 4) is 0 Å². The Balaban J connectivity index is 1.97. The van der Waals surface area contributed by atoms with Gasteiger partial charge in [-0.1, -0.05) is 39.0 Å². The number of hydrogen-bond donors (Lipinski definition) is 2. The normalized spacial score (nSPS) is 11.0. The first kappa shape index (κ1) is 19.5. The molecule has 0 spiro atoms. The van der Waals surface area contributed by atoms with Gasteiger partial charge in [0.05, 0.1) is 0 Å². The second-order valence-electron chi connectivity index (χ2n) is 7.51. The molecule has 2 aromatic carbocycles. The van der Waals surface area contributed by atoms with Gasteiger partial charge in [-0.3, -0.25) is 9.59 Å². The summed E-state index contributed by atoms with van der Waals surface area (Å²) < 4.78 is 0. The van der Waals surface area contributed by atoms with Crippen molar-refractivity contribution >= 4 is 28.9 Å². The number of carbonyl (C=O) groups is 2. The van der Waals surface area contributed by atoms with Gasteiger partial charge in [-0.05, 0) is 41.3 Å². The lowest BCUT2D eigenvalue weighted by molar-refractivity contribution is -0.123. The van der Waals surface area contributed by atoms with Gasteiger partial charge in [0.1, 0.15) is 6.42 Å². The molecular formula is C21H27N3O2. The number of amides is 2. The molecule has 0 aliphatic carbocycles. The van der Waals surface area contributed by atoms with Crippen LogP contribution in [-0.2, 0) is 15.0 Å². The summed E-state index contributed by atoms with van der Waals surface area (Å²) in [6.07, 6.45) is -0.228. The molecule has 26 heavy (non-hydrogen) atoms. The van der Waals surface area contributed by atoms with Crippen molar-refractivity contribution in [2.45, 2.75) is 32.6 Å². The van der Waals surface area contributed by atoms with Gasteiger partial charge in [-0.25, -0.2) is 0 Å². The van der Waals surface area contributed by atoms with E-state index < -0.39 is 0 Å². The van der Waals surface area contributed by atoms with Gasteiger partial charge in [-0.15, -0.1) is 0 Å². The lowest BCUT2D eigenvalue weighted by Crippen LogP contribution is -2.23. The summed E-state index contributed by atoms with van der Waals surface area (Å²) in [5.74, 6) is -0.669. The summed E-state index contributed by atoms with van der Waals surface area (Å²) >= 11 is 0. The molecule has 0 saturated carbocycles. The van der Waals surface area contributed by atoms with Crippen LogP contribution in [-0.4, -0.2) is 25.9 Å². The largest absolute Gasteiger partial charge is 0.378 e. The molecule has 2 rings (SSSR count). The maximum absolute atomic E-state index is 12.3. The smallest absolute Gasteiger partial charge is 0.233 e. The number of nitrogens with zero attached hydrogens (tertiary/aromatic N) is 1. The van der Waals surface area contributed by atoms with Crippen LogP contribution in [0.3, 0.4) is 0 Å². The fourth-order valence-electron chi connectivity index (χ4n) is 2.63. The minimum atomic E-state index is -0.339. The fourth-order valence-corrected chi connectivity index (χ4v) is 2.63. The Labute approximate surface area is 155 Å². The number of benzene rings is 2. The van der Waals surface area contributed by atoms with Crippen LogP contribution in [0.25, 0.3) is 0 Å². The highest BCUT2D eigenvalue weighted by Crippen LogP contribution is 2.29. The minimum Gasteiger partial charge on any atom is -0.378 e. The van der Waals surface area contributed by atoms with Gasteiger partial charge in [0.15, 0.2) is 0 Å². The second kappa shape index (κ2) is 8.04. The Kier molecular flexibility index (Phi) is 6.03. The summed E-state index contributed by atoms with van der Waals surface area (Å²) in [4.78, 5) is 26.4. The van der Waals surface area contributed by atoms with E-state index in [0.717, 1.165) is 16.9 Å². The summed E-state index contributed by atoms with van der Waals surface area (Å²) in [6, 6.07) is 15.1. The molecule has 0 saturated heterocycles. The summed E-state index contributed by atoms with van der Waals surface area (Å²) in [6.45, 7) is 6.26. The highest BCUT2D eigenvalue weighted by molar-refractivity contribution is 6.08. The van der Waals surface area contributed by atoms with E-state index in [1.807, 2.05) is 67.5 Å². The topological polar surface area (TPSA) is 61.4 Å². The summed E-state index contributed by atoms with van der Waals surface area (Å²) in [5.41, 5.74) is 3.39. The second-order valence-corrected chi connectivity index (χ2v) is 7.51. The molecule has 0 heterocycles. The van der Waals surface area contributed by atoms with Gasteiger partial charge >= 0.3 is 0 Å².